The molecule has 88 valence electrons. The smallest absolute Gasteiger partial charge is 0.251 e. The van der Waals surface area contributed by atoms with Crippen LogP contribution in [-0.4, -0.2) is 30.0 Å². The molecule has 1 aliphatic heterocycles. The maximum absolute atomic E-state index is 11.8. The van der Waals surface area contributed by atoms with Crippen LogP contribution in [0.25, 0.3) is 0 Å². The highest BCUT2D eigenvalue weighted by Gasteiger charge is 2.37. The molecular weight excluding hydrogens is 258 g/mol. The number of carbonyl (C=O) groups excluding carboxylic acids is 1. The van der Waals surface area contributed by atoms with Crippen molar-refractivity contribution in [3.63, 3.8) is 0 Å². The van der Waals surface area contributed by atoms with E-state index in [1.807, 2.05) is 6.92 Å². The molecule has 0 aromatic heterocycles. The van der Waals surface area contributed by atoms with Crippen LogP contribution in [0.4, 0.5) is 0 Å². The van der Waals surface area contributed by atoms with Gasteiger partial charge in [-0.15, -0.1) is 0 Å². The summed E-state index contributed by atoms with van der Waals surface area (Å²) in [5.74, 6) is 0.0545. The maximum Gasteiger partial charge on any atom is 0.251 e. The Balaban J connectivity index is 2.12. The van der Waals surface area contributed by atoms with Crippen LogP contribution in [0.1, 0.15) is 39.0 Å². The average Bonchev–Trinajstić information content (AvgIpc) is 2.66. The monoisotopic (exact) mass is 277 g/mol. The minimum Gasteiger partial charge on any atom is -0.365 e. The zero-order valence-corrected chi connectivity index (χ0v) is 10.9. The third-order valence-electron chi connectivity index (χ3n) is 2.80. The molecule has 1 amide bonds. The van der Waals surface area contributed by atoms with Crippen LogP contribution < -0.4 is 5.32 Å². The van der Waals surface area contributed by atoms with Crippen LogP contribution in [0.2, 0.25) is 0 Å². The Morgan fingerprint density at radius 2 is 2.27 bits per heavy atom. The van der Waals surface area contributed by atoms with Gasteiger partial charge in [-0.25, -0.2) is 0 Å². The molecule has 3 nitrogen and oxygen atoms in total. The molecule has 4 heteroatoms. The van der Waals surface area contributed by atoms with Crippen molar-refractivity contribution in [2.24, 2.45) is 0 Å². The summed E-state index contributed by atoms with van der Waals surface area (Å²) in [5.41, 5.74) is -0.560. The summed E-state index contributed by atoms with van der Waals surface area (Å²) >= 11 is 3.39. The van der Waals surface area contributed by atoms with Gasteiger partial charge in [0.2, 0.25) is 0 Å². The van der Waals surface area contributed by atoms with Crippen LogP contribution in [0.5, 0.6) is 0 Å². The van der Waals surface area contributed by atoms with Crippen LogP contribution in [0, 0.1) is 0 Å². The van der Waals surface area contributed by atoms with Crippen LogP contribution >= 0.6 is 15.9 Å². The summed E-state index contributed by atoms with van der Waals surface area (Å²) in [6.45, 7) is 3.37. The third-order valence-corrected chi connectivity index (χ3v) is 3.36. The Bertz CT molecular complexity index is 203. The fraction of sp³-hybridized carbons (Fsp3) is 0.909. The Morgan fingerprint density at radius 1 is 1.47 bits per heavy atom. The number of hydrogen-bond acceptors (Lipinski definition) is 2. The summed E-state index contributed by atoms with van der Waals surface area (Å²) in [4.78, 5) is 11.8. The molecule has 1 rings (SSSR count). The van der Waals surface area contributed by atoms with E-state index in [2.05, 4.69) is 21.2 Å². The van der Waals surface area contributed by atoms with Crippen molar-refractivity contribution >= 4 is 21.8 Å². The van der Waals surface area contributed by atoms with E-state index in [0.29, 0.717) is 6.61 Å². The second-order valence-electron chi connectivity index (χ2n) is 4.19. The van der Waals surface area contributed by atoms with E-state index in [0.717, 1.165) is 37.6 Å². The second-order valence-corrected chi connectivity index (χ2v) is 4.98. The average molecular weight is 278 g/mol. The van der Waals surface area contributed by atoms with E-state index >= 15 is 0 Å². The predicted octanol–water partition coefficient (Wildman–Crippen LogP) is 2.24. The highest BCUT2D eigenvalue weighted by molar-refractivity contribution is 9.09. The molecule has 15 heavy (non-hydrogen) atoms. The third kappa shape index (κ3) is 4.11. The molecule has 1 fully saturated rings. The van der Waals surface area contributed by atoms with E-state index in [1.54, 1.807) is 0 Å². The first kappa shape index (κ1) is 13.0. The molecule has 1 N–H and O–H groups in total. The summed E-state index contributed by atoms with van der Waals surface area (Å²) in [6, 6.07) is 0. The number of amides is 1. The lowest BCUT2D eigenvalue weighted by atomic mass is 10.0. The van der Waals surface area contributed by atoms with Gasteiger partial charge in [0.25, 0.3) is 5.91 Å². The lowest BCUT2D eigenvalue weighted by Crippen LogP contribution is -2.44. The summed E-state index contributed by atoms with van der Waals surface area (Å²) in [6.07, 6.45) is 5.22. The lowest BCUT2D eigenvalue weighted by Gasteiger charge is -2.21. The normalized spacial score (nSPS) is 25.5. The van der Waals surface area contributed by atoms with Crippen molar-refractivity contribution in [2.75, 3.05) is 18.5 Å². The SMILES string of the molecule is CC1(C(=O)NCCCCCBr)CCCO1. The van der Waals surface area contributed by atoms with Crippen molar-refractivity contribution in [3.05, 3.63) is 0 Å². The molecule has 1 unspecified atom stereocenters. The van der Waals surface area contributed by atoms with Crippen LogP contribution in [-0.2, 0) is 9.53 Å². The van der Waals surface area contributed by atoms with Gasteiger partial charge < -0.3 is 10.1 Å². The van der Waals surface area contributed by atoms with Gasteiger partial charge in [0.1, 0.15) is 5.60 Å². The minimum atomic E-state index is -0.560. The topological polar surface area (TPSA) is 38.3 Å². The second kappa shape index (κ2) is 6.48. The van der Waals surface area contributed by atoms with E-state index < -0.39 is 5.60 Å². The van der Waals surface area contributed by atoms with Gasteiger partial charge in [0, 0.05) is 18.5 Å². The largest absolute Gasteiger partial charge is 0.365 e. The number of hydrogen-bond donors (Lipinski definition) is 1. The molecule has 0 bridgehead atoms. The first-order valence-corrected chi connectivity index (χ1v) is 6.79. The van der Waals surface area contributed by atoms with Crippen LogP contribution in [0.3, 0.4) is 0 Å². The fourth-order valence-electron chi connectivity index (χ4n) is 1.74. The number of alkyl halides is 1. The molecule has 0 aromatic carbocycles. The molecule has 1 aliphatic rings. The molecule has 1 atom stereocenters. The van der Waals surface area contributed by atoms with E-state index in [-0.39, 0.29) is 5.91 Å². The number of unbranched alkanes of at least 4 members (excludes halogenated alkanes) is 2. The van der Waals surface area contributed by atoms with Gasteiger partial charge in [0.15, 0.2) is 0 Å². The zero-order chi connectivity index (χ0) is 11.1. The maximum atomic E-state index is 11.8. The summed E-state index contributed by atoms with van der Waals surface area (Å²) in [5, 5.41) is 3.99. The molecule has 1 heterocycles. The number of ether oxygens (including phenoxy) is 1. The fourth-order valence-corrected chi connectivity index (χ4v) is 2.14. The molecule has 1 saturated heterocycles. The summed E-state index contributed by atoms with van der Waals surface area (Å²) < 4.78 is 5.46. The minimum absolute atomic E-state index is 0.0545. The molecular formula is C11H20BrNO2. The van der Waals surface area contributed by atoms with Crippen molar-refractivity contribution in [1.29, 1.82) is 0 Å². The van der Waals surface area contributed by atoms with E-state index in [4.69, 9.17) is 4.74 Å². The highest BCUT2D eigenvalue weighted by atomic mass is 79.9. The standard InChI is InChI=1S/C11H20BrNO2/c1-11(6-5-9-15-11)10(14)13-8-4-2-3-7-12/h2-9H2,1H3,(H,13,14). The van der Waals surface area contributed by atoms with E-state index in [9.17, 15) is 4.79 Å². The first-order chi connectivity index (χ1) is 7.19. The lowest BCUT2D eigenvalue weighted by molar-refractivity contribution is -0.139. The van der Waals surface area contributed by atoms with Crippen molar-refractivity contribution < 1.29 is 9.53 Å². The predicted molar refractivity (Wildman–Crippen MR) is 64.2 cm³/mol. The van der Waals surface area contributed by atoms with Crippen molar-refractivity contribution in [1.82, 2.24) is 5.32 Å². The molecule has 0 aliphatic carbocycles. The Labute approximate surface area is 100 Å². The zero-order valence-electron chi connectivity index (χ0n) is 9.35. The Kier molecular flexibility index (Phi) is 5.61. The number of carbonyl (C=O) groups is 1. The van der Waals surface area contributed by atoms with Gasteiger partial charge >= 0.3 is 0 Å². The van der Waals surface area contributed by atoms with Gasteiger partial charge in [-0.1, -0.05) is 22.4 Å². The molecule has 0 saturated carbocycles. The van der Waals surface area contributed by atoms with Crippen LogP contribution in [0.15, 0.2) is 0 Å². The quantitative estimate of drug-likeness (QED) is 0.597. The number of nitrogens with one attached hydrogen (secondary N) is 1. The van der Waals surface area contributed by atoms with Crippen molar-refractivity contribution in [3.8, 4) is 0 Å². The molecule has 0 radical (unpaired) electrons. The Morgan fingerprint density at radius 3 is 2.87 bits per heavy atom. The molecule has 0 spiro atoms. The van der Waals surface area contributed by atoms with Crippen molar-refractivity contribution in [2.45, 2.75) is 44.6 Å². The van der Waals surface area contributed by atoms with Gasteiger partial charge in [-0.2, -0.15) is 0 Å². The summed E-state index contributed by atoms with van der Waals surface area (Å²) in [7, 11) is 0. The first-order valence-electron chi connectivity index (χ1n) is 5.67. The van der Waals surface area contributed by atoms with E-state index in [1.165, 1.54) is 6.42 Å². The number of rotatable bonds is 6. The van der Waals surface area contributed by atoms with Gasteiger partial charge in [-0.3, -0.25) is 4.79 Å². The highest BCUT2D eigenvalue weighted by Crippen LogP contribution is 2.24. The Hall–Kier alpha value is -0.0900. The number of halogens is 1. The van der Waals surface area contributed by atoms with Gasteiger partial charge in [0.05, 0.1) is 0 Å². The molecule has 0 aromatic rings. The van der Waals surface area contributed by atoms with Gasteiger partial charge in [-0.05, 0) is 32.6 Å².